The van der Waals surface area contributed by atoms with Crippen LogP contribution < -0.4 is 0 Å². The van der Waals surface area contributed by atoms with Crippen molar-refractivity contribution in [2.45, 2.75) is 6.61 Å². The van der Waals surface area contributed by atoms with Gasteiger partial charge < -0.3 is 9.15 Å². The Morgan fingerprint density at radius 2 is 2.29 bits per heavy atom. The van der Waals surface area contributed by atoms with Gasteiger partial charge in [-0.15, -0.1) is 0 Å². The number of carbonyl (C=O) groups is 1. The second kappa shape index (κ2) is 4.00. The maximum absolute atomic E-state index is 9.98. The van der Waals surface area contributed by atoms with Crippen LogP contribution in [0.4, 0.5) is 0 Å². The summed E-state index contributed by atoms with van der Waals surface area (Å²) >= 11 is 2.24. The highest BCUT2D eigenvalue weighted by Crippen LogP contribution is 2.21. The first-order chi connectivity index (χ1) is 6.79. The van der Waals surface area contributed by atoms with E-state index in [9.17, 15) is 4.79 Å². The highest BCUT2D eigenvalue weighted by Gasteiger charge is 2.03. The van der Waals surface area contributed by atoms with E-state index in [4.69, 9.17) is 4.42 Å². The van der Waals surface area contributed by atoms with E-state index in [-0.39, 0.29) is 6.61 Å². The normalized spacial score (nSPS) is 10.4. The van der Waals surface area contributed by atoms with Crippen molar-refractivity contribution in [1.29, 1.82) is 0 Å². The van der Waals surface area contributed by atoms with Crippen LogP contribution in [0.1, 0.15) is 5.76 Å². The van der Waals surface area contributed by atoms with Crippen molar-refractivity contribution < 1.29 is 13.9 Å². The van der Waals surface area contributed by atoms with Crippen LogP contribution >= 0.6 is 22.6 Å². The van der Waals surface area contributed by atoms with Gasteiger partial charge in [-0.2, -0.15) is 0 Å². The van der Waals surface area contributed by atoms with Crippen molar-refractivity contribution in [3.8, 4) is 0 Å². The van der Waals surface area contributed by atoms with Crippen LogP contribution in [0.15, 0.2) is 28.7 Å². The highest BCUT2D eigenvalue weighted by molar-refractivity contribution is 14.1. The van der Waals surface area contributed by atoms with Gasteiger partial charge >= 0.3 is 0 Å². The number of rotatable bonds is 3. The zero-order valence-electron chi connectivity index (χ0n) is 7.20. The third kappa shape index (κ3) is 1.89. The molecule has 72 valence electrons. The molecule has 0 atom stereocenters. The van der Waals surface area contributed by atoms with Crippen LogP contribution in [-0.2, 0) is 16.1 Å². The fourth-order valence-electron chi connectivity index (χ4n) is 1.26. The Kier molecular flexibility index (Phi) is 2.72. The van der Waals surface area contributed by atoms with E-state index in [1.165, 1.54) is 0 Å². The molecule has 3 nitrogen and oxygen atoms in total. The Balaban J connectivity index is 2.36. The van der Waals surface area contributed by atoms with Gasteiger partial charge in [-0.1, -0.05) is 0 Å². The molecule has 0 radical (unpaired) electrons. The van der Waals surface area contributed by atoms with E-state index < -0.39 is 0 Å². The lowest BCUT2D eigenvalue weighted by Crippen LogP contribution is -1.85. The van der Waals surface area contributed by atoms with Gasteiger partial charge in [0.15, 0.2) is 0 Å². The van der Waals surface area contributed by atoms with Crippen molar-refractivity contribution >= 4 is 40.0 Å². The van der Waals surface area contributed by atoms with Gasteiger partial charge in [0, 0.05) is 8.96 Å². The van der Waals surface area contributed by atoms with Gasteiger partial charge in [0.25, 0.3) is 6.47 Å². The summed E-state index contributed by atoms with van der Waals surface area (Å²) in [7, 11) is 0. The predicted molar refractivity (Wildman–Crippen MR) is 59.8 cm³/mol. The quantitative estimate of drug-likeness (QED) is 0.646. The van der Waals surface area contributed by atoms with Gasteiger partial charge in [-0.05, 0) is 46.9 Å². The first kappa shape index (κ1) is 9.51. The Bertz CT molecular complexity index is 461. The summed E-state index contributed by atoms with van der Waals surface area (Å²) < 4.78 is 11.2. The molecular weight excluding hydrogens is 295 g/mol. The average molecular weight is 302 g/mol. The summed E-state index contributed by atoms with van der Waals surface area (Å²) in [6.45, 7) is 0.603. The number of halogens is 1. The van der Waals surface area contributed by atoms with Crippen LogP contribution in [0, 0.1) is 3.57 Å². The standard InChI is InChI=1S/C10H7IO3/c11-8-1-2-10-7(3-8)4-9(14-10)5-13-6-12/h1-4,6H,5H2. The summed E-state index contributed by atoms with van der Waals surface area (Å²) in [5.41, 5.74) is 0.815. The third-order valence-corrected chi connectivity index (χ3v) is 2.49. The SMILES string of the molecule is O=COCc1cc2cc(I)ccc2o1. The zero-order valence-corrected chi connectivity index (χ0v) is 9.35. The number of hydrogen-bond acceptors (Lipinski definition) is 3. The first-order valence-electron chi connectivity index (χ1n) is 4.03. The average Bonchev–Trinajstić information content (AvgIpc) is 2.56. The molecule has 0 N–H and O–H groups in total. The molecule has 1 aromatic heterocycles. The number of fused-ring (bicyclic) bond motifs is 1. The number of carbonyl (C=O) groups excluding carboxylic acids is 1. The molecule has 0 saturated heterocycles. The molecule has 0 bridgehead atoms. The molecule has 0 fully saturated rings. The van der Waals surface area contributed by atoms with E-state index in [2.05, 4.69) is 27.3 Å². The monoisotopic (exact) mass is 302 g/mol. The Morgan fingerprint density at radius 1 is 1.43 bits per heavy atom. The molecule has 0 saturated carbocycles. The minimum absolute atomic E-state index is 0.189. The largest absolute Gasteiger partial charge is 0.460 e. The maximum atomic E-state index is 9.98. The van der Waals surface area contributed by atoms with E-state index in [1.807, 2.05) is 24.3 Å². The molecule has 1 heterocycles. The third-order valence-electron chi connectivity index (χ3n) is 1.82. The summed E-state index contributed by atoms with van der Waals surface area (Å²) in [5, 5.41) is 1.03. The summed E-state index contributed by atoms with van der Waals surface area (Å²) in [4.78, 5) is 9.98. The number of furan rings is 1. The Morgan fingerprint density at radius 3 is 3.07 bits per heavy atom. The Labute approximate surface area is 94.2 Å². The van der Waals surface area contributed by atoms with E-state index in [0.29, 0.717) is 12.2 Å². The molecule has 0 amide bonds. The van der Waals surface area contributed by atoms with E-state index in [1.54, 1.807) is 0 Å². The van der Waals surface area contributed by atoms with Crippen LogP contribution in [-0.4, -0.2) is 6.47 Å². The molecule has 14 heavy (non-hydrogen) atoms. The van der Waals surface area contributed by atoms with Gasteiger partial charge in [-0.25, -0.2) is 0 Å². The molecule has 1 aromatic carbocycles. The Hall–Kier alpha value is -1.04. The van der Waals surface area contributed by atoms with Crippen molar-refractivity contribution in [1.82, 2.24) is 0 Å². The first-order valence-corrected chi connectivity index (χ1v) is 5.10. The minimum Gasteiger partial charge on any atom is -0.460 e. The highest BCUT2D eigenvalue weighted by atomic mass is 127. The molecule has 0 aliphatic carbocycles. The second-order valence-corrected chi connectivity index (χ2v) is 4.05. The van der Waals surface area contributed by atoms with Crippen LogP contribution in [0.3, 0.4) is 0 Å². The zero-order chi connectivity index (χ0) is 9.97. The molecule has 0 aliphatic rings. The molecule has 0 unspecified atom stereocenters. The van der Waals surface area contributed by atoms with Crippen molar-refractivity contribution in [2.24, 2.45) is 0 Å². The van der Waals surface area contributed by atoms with Crippen molar-refractivity contribution in [3.63, 3.8) is 0 Å². The molecule has 0 aliphatic heterocycles. The van der Waals surface area contributed by atoms with Crippen molar-refractivity contribution in [2.75, 3.05) is 0 Å². The van der Waals surface area contributed by atoms with Crippen LogP contribution in [0.2, 0.25) is 0 Å². The summed E-state index contributed by atoms with van der Waals surface area (Å²) in [5.74, 6) is 0.661. The summed E-state index contributed by atoms with van der Waals surface area (Å²) in [6, 6.07) is 7.77. The van der Waals surface area contributed by atoms with Gasteiger partial charge in [0.05, 0.1) is 0 Å². The lowest BCUT2D eigenvalue weighted by molar-refractivity contribution is -0.130. The minimum atomic E-state index is 0.189. The molecule has 0 spiro atoms. The number of ether oxygens (including phenoxy) is 1. The smallest absolute Gasteiger partial charge is 0.293 e. The second-order valence-electron chi connectivity index (χ2n) is 2.80. The maximum Gasteiger partial charge on any atom is 0.293 e. The molecular formula is C10H7IO3. The van der Waals surface area contributed by atoms with Gasteiger partial charge in [-0.3, -0.25) is 4.79 Å². The van der Waals surface area contributed by atoms with E-state index in [0.717, 1.165) is 14.5 Å². The van der Waals surface area contributed by atoms with Crippen LogP contribution in [0.25, 0.3) is 11.0 Å². The number of benzene rings is 1. The van der Waals surface area contributed by atoms with Crippen LogP contribution in [0.5, 0.6) is 0 Å². The summed E-state index contributed by atoms with van der Waals surface area (Å²) in [6.07, 6.45) is 0. The fraction of sp³-hybridized carbons (Fsp3) is 0.100. The molecule has 2 rings (SSSR count). The van der Waals surface area contributed by atoms with Gasteiger partial charge in [0.1, 0.15) is 18.0 Å². The number of hydrogen-bond donors (Lipinski definition) is 0. The molecule has 2 aromatic rings. The van der Waals surface area contributed by atoms with Crippen molar-refractivity contribution in [3.05, 3.63) is 33.6 Å². The fourth-order valence-corrected chi connectivity index (χ4v) is 1.77. The predicted octanol–water partition coefficient (Wildman–Crippen LogP) is 2.71. The lowest BCUT2D eigenvalue weighted by Gasteiger charge is -1.91. The topological polar surface area (TPSA) is 39.4 Å². The van der Waals surface area contributed by atoms with E-state index >= 15 is 0 Å². The molecule has 4 heteroatoms. The van der Waals surface area contributed by atoms with Gasteiger partial charge in [0.2, 0.25) is 0 Å². The lowest BCUT2D eigenvalue weighted by atomic mass is 10.2.